The molecule has 0 aliphatic heterocycles. The highest BCUT2D eigenvalue weighted by atomic mass is 19.1. The van der Waals surface area contributed by atoms with Crippen molar-refractivity contribution in [3.8, 4) is 0 Å². The summed E-state index contributed by atoms with van der Waals surface area (Å²) < 4.78 is 12.9. The molecule has 0 heterocycles. The summed E-state index contributed by atoms with van der Waals surface area (Å²) >= 11 is 0. The lowest BCUT2D eigenvalue weighted by atomic mass is 10.1. The van der Waals surface area contributed by atoms with Crippen LogP contribution in [-0.2, 0) is 4.79 Å². The van der Waals surface area contributed by atoms with E-state index in [1.54, 1.807) is 6.07 Å². The van der Waals surface area contributed by atoms with Gasteiger partial charge in [-0.3, -0.25) is 10.2 Å². The van der Waals surface area contributed by atoms with E-state index < -0.39 is 5.82 Å². The second kappa shape index (κ2) is 3.60. The Kier molecular flexibility index (Phi) is 2.51. The molecule has 3 heteroatoms. The van der Waals surface area contributed by atoms with E-state index in [9.17, 15) is 9.18 Å². The smallest absolute Gasteiger partial charge is 0.160 e. The molecule has 12 heavy (non-hydrogen) atoms. The summed E-state index contributed by atoms with van der Waals surface area (Å²) in [4.78, 5) is 10.3. The number of rotatable bonds is 2. The van der Waals surface area contributed by atoms with Crippen molar-refractivity contribution in [3.63, 3.8) is 0 Å². The molecule has 0 saturated carbocycles. The number of hydrogen-bond acceptors (Lipinski definition) is 2. The molecule has 0 radical (unpaired) electrons. The molecule has 60 valence electrons. The average molecular weight is 163 g/mol. The minimum absolute atomic E-state index is 0.0758. The van der Waals surface area contributed by atoms with Crippen LogP contribution in [0, 0.1) is 11.2 Å². The molecule has 0 spiro atoms. The van der Waals surface area contributed by atoms with Gasteiger partial charge in [0.1, 0.15) is 5.82 Å². The van der Waals surface area contributed by atoms with Crippen molar-refractivity contribution >= 4 is 17.7 Å². The molecule has 0 fully saturated rings. The van der Waals surface area contributed by atoms with Gasteiger partial charge in [-0.15, -0.1) is 0 Å². The standard InChI is InChI=1S/C9H6FNO/c10-9-4-2-1-3-8(9)7(5-11)6-12/h1-4,6,11H. The fourth-order valence-corrected chi connectivity index (χ4v) is 0.840. The zero-order chi connectivity index (χ0) is 8.97. The first-order valence-electron chi connectivity index (χ1n) is 3.29. The van der Waals surface area contributed by atoms with Crippen molar-refractivity contribution in [1.29, 1.82) is 5.41 Å². The first-order chi connectivity index (χ1) is 5.79. The number of carbonyl (C=O) groups is 1. The van der Waals surface area contributed by atoms with Crippen molar-refractivity contribution in [2.75, 3.05) is 0 Å². The Morgan fingerprint density at radius 2 is 2.17 bits per heavy atom. The summed E-state index contributed by atoms with van der Waals surface area (Å²) in [7, 11) is 0. The molecule has 1 aromatic carbocycles. The second-order valence-electron chi connectivity index (χ2n) is 2.14. The SMILES string of the molecule is N=C=C(C=O)c1ccccc1F. The van der Waals surface area contributed by atoms with Crippen molar-refractivity contribution in [3.05, 3.63) is 35.6 Å². The molecule has 1 N–H and O–H groups in total. The van der Waals surface area contributed by atoms with E-state index in [1.807, 2.05) is 5.87 Å². The molecule has 0 amide bonds. The van der Waals surface area contributed by atoms with E-state index in [-0.39, 0.29) is 11.1 Å². The number of benzene rings is 1. The minimum Gasteiger partial charge on any atom is -0.297 e. The maximum absolute atomic E-state index is 12.9. The van der Waals surface area contributed by atoms with Crippen molar-refractivity contribution in [2.24, 2.45) is 0 Å². The molecule has 0 aliphatic rings. The zero-order valence-electron chi connectivity index (χ0n) is 6.17. The predicted octanol–water partition coefficient (Wildman–Crippen LogP) is 1.66. The summed E-state index contributed by atoms with van der Waals surface area (Å²) in [5.74, 6) is 1.35. The Hall–Kier alpha value is -1.73. The Morgan fingerprint density at radius 1 is 1.50 bits per heavy atom. The molecule has 1 rings (SSSR count). The maximum atomic E-state index is 12.9. The van der Waals surface area contributed by atoms with E-state index in [1.165, 1.54) is 18.2 Å². The second-order valence-corrected chi connectivity index (χ2v) is 2.14. The van der Waals surface area contributed by atoms with Gasteiger partial charge in [-0.2, -0.15) is 0 Å². The first kappa shape index (κ1) is 8.37. The van der Waals surface area contributed by atoms with Gasteiger partial charge in [0, 0.05) is 5.56 Å². The Balaban J connectivity index is 3.27. The van der Waals surface area contributed by atoms with Crippen LogP contribution >= 0.6 is 0 Å². The molecule has 0 aromatic heterocycles. The van der Waals surface area contributed by atoms with Crippen LogP contribution in [0.4, 0.5) is 4.39 Å². The summed E-state index contributed by atoms with van der Waals surface area (Å²) in [6, 6.07) is 5.78. The first-order valence-corrected chi connectivity index (χ1v) is 3.29. The van der Waals surface area contributed by atoms with E-state index in [4.69, 9.17) is 5.41 Å². The lowest BCUT2D eigenvalue weighted by Gasteiger charge is -1.96. The number of hydrogen-bond donors (Lipinski definition) is 1. The third kappa shape index (κ3) is 1.47. The molecule has 0 atom stereocenters. The molecular formula is C9H6FNO. The van der Waals surface area contributed by atoms with Crippen molar-refractivity contribution in [1.82, 2.24) is 0 Å². The van der Waals surface area contributed by atoms with Gasteiger partial charge in [0.15, 0.2) is 6.29 Å². The quantitative estimate of drug-likeness (QED) is 0.402. The van der Waals surface area contributed by atoms with Crippen LogP contribution in [0.1, 0.15) is 5.56 Å². The molecule has 2 nitrogen and oxygen atoms in total. The van der Waals surface area contributed by atoms with E-state index >= 15 is 0 Å². The highest BCUT2D eigenvalue weighted by molar-refractivity contribution is 6.18. The van der Waals surface area contributed by atoms with Gasteiger partial charge in [-0.05, 0) is 11.9 Å². The van der Waals surface area contributed by atoms with Crippen LogP contribution in [0.15, 0.2) is 24.3 Å². The topological polar surface area (TPSA) is 40.9 Å². The highest BCUT2D eigenvalue weighted by Gasteiger charge is 2.04. The summed E-state index contributed by atoms with van der Waals surface area (Å²) in [6.45, 7) is 0. The third-order valence-electron chi connectivity index (χ3n) is 1.42. The predicted molar refractivity (Wildman–Crippen MR) is 43.6 cm³/mol. The van der Waals surface area contributed by atoms with E-state index in [2.05, 4.69) is 0 Å². The van der Waals surface area contributed by atoms with E-state index in [0.29, 0.717) is 6.29 Å². The number of allylic oxidation sites excluding steroid dienone is 1. The minimum atomic E-state index is -0.514. The lowest BCUT2D eigenvalue weighted by Crippen LogP contribution is -1.90. The largest absolute Gasteiger partial charge is 0.297 e. The molecular weight excluding hydrogens is 157 g/mol. The van der Waals surface area contributed by atoms with Gasteiger partial charge in [-0.1, -0.05) is 18.2 Å². The fraction of sp³-hybridized carbons (Fsp3) is 0. The number of aldehydes is 1. The summed E-state index contributed by atoms with van der Waals surface area (Å²) in [5.41, 5.74) is 0.0376. The number of nitrogens with one attached hydrogen (secondary N) is 1. The number of halogens is 1. The number of carbonyl (C=O) groups excluding carboxylic acids is 1. The Morgan fingerprint density at radius 3 is 2.67 bits per heavy atom. The molecule has 0 aliphatic carbocycles. The molecule has 0 bridgehead atoms. The van der Waals surface area contributed by atoms with Crippen LogP contribution in [0.5, 0.6) is 0 Å². The lowest BCUT2D eigenvalue weighted by molar-refractivity contribution is -0.103. The van der Waals surface area contributed by atoms with Crippen LogP contribution in [0.25, 0.3) is 5.57 Å². The van der Waals surface area contributed by atoms with Crippen LogP contribution in [0.2, 0.25) is 0 Å². The van der Waals surface area contributed by atoms with Gasteiger partial charge in [0.2, 0.25) is 0 Å². The Labute approximate surface area is 68.8 Å². The fourth-order valence-electron chi connectivity index (χ4n) is 0.840. The summed E-state index contributed by atoms with van der Waals surface area (Å²) in [5, 5.41) is 6.71. The Bertz CT molecular complexity index is 353. The molecule has 1 aromatic rings. The van der Waals surface area contributed by atoms with Gasteiger partial charge in [-0.25, -0.2) is 4.39 Å². The van der Waals surface area contributed by atoms with Crippen LogP contribution < -0.4 is 0 Å². The van der Waals surface area contributed by atoms with Gasteiger partial charge >= 0.3 is 0 Å². The van der Waals surface area contributed by atoms with E-state index in [0.717, 1.165) is 0 Å². The third-order valence-corrected chi connectivity index (χ3v) is 1.42. The van der Waals surface area contributed by atoms with Crippen molar-refractivity contribution < 1.29 is 9.18 Å². The summed E-state index contributed by atoms with van der Waals surface area (Å²) in [6.07, 6.45) is 0.408. The normalized spacial score (nSPS) is 8.75. The molecule has 0 saturated heterocycles. The monoisotopic (exact) mass is 163 g/mol. The van der Waals surface area contributed by atoms with Gasteiger partial charge < -0.3 is 0 Å². The van der Waals surface area contributed by atoms with Crippen molar-refractivity contribution in [2.45, 2.75) is 0 Å². The van der Waals surface area contributed by atoms with Gasteiger partial charge in [0.05, 0.1) is 5.57 Å². The zero-order valence-corrected chi connectivity index (χ0v) is 6.17. The average Bonchev–Trinajstić information content (AvgIpc) is 2.10. The van der Waals surface area contributed by atoms with Crippen LogP contribution in [0.3, 0.4) is 0 Å². The van der Waals surface area contributed by atoms with Crippen LogP contribution in [-0.4, -0.2) is 12.2 Å². The maximum Gasteiger partial charge on any atom is 0.160 e. The molecule has 0 unspecified atom stereocenters. The highest BCUT2D eigenvalue weighted by Crippen LogP contribution is 2.12. The van der Waals surface area contributed by atoms with Gasteiger partial charge in [0.25, 0.3) is 0 Å².